The van der Waals surface area contributed by atoms with Crippen LogP contribution in [-0.2, 0) is 28.5 Å². The van der Waals surface area contributed by atoms with Crippen molar-refractivity contribution in [2.45, 2.75) is 320 Å². The highest BCUT2D eigenvalue weighted by Crippen LogP contribution is 2.23. The highest BCUT2D eigenvalue weighted by Gasteiger charge is 2.44. The highest BCUT2D eigenvalue weighted by atomic mass is 16.7. The molecule has 0 radical (unpaired) electrons. The summed E-state index contributed by atoms with van der Waals surface area (Å²) in [5.41, 5.74) is 0. The minimum Gasteiger partial charge on any atom is -0.462 e. The van der Waals surface area contributed by atoms with Crippen LogP contribution in [0.4, 0.5) is 0 Å². The van der Waals surface area contributed by atoms with Crippen molar-refractivity contribution >= 4 is 11.9 Å². The van der Waals surface area contributed by atoms with Gasteiger partial charge in [-0.2, -0.15) is 0 Å². The molecule has 4 N–H and O–H groups in total. The predicted octanol–water partition coefficient (Wildman–Crippen LogP) is 14.8. The predicted molar refractivity (Wildman–Crippen MR) is 284 cm³/mol. The van der Waals surface area contributed by atoms with Gasteiger partial charge in [-0.1, -0.05) is 237 Å². The fourth-order valence-electron chi connectivity index (χ4n) is 9.19. The molecule has 0 aromatic heterocycles. The van der Waals surface area contributed by atoms with Gasteiger partial charge in [0.25, 0.3) is 0 Å². The molecule has 10 nitrogen and oxygen atoms in total. The highest BCUT2D eigenvalue weighted by molar-refractivity contribution is 5.70. The summed E-state index contributed by atoms with van der Waals surface area (Å²) in [6, 6.07) is 0. The number of rotatable bonds is 51. The van der Waals surface area contributed by atoms with E-state index in [-0.39, 0.29) is 32.0 Å². The van der Waals surface area contributed by atoms with Crippen LogP contribution in [0.2, 0.25) is 0 Å². The van der Waals surface area contributed by atoms with Crippen LogP contribution in [0.1, 0.15) is 284 Å². The lowest BCUT2D eigenvalue weighted by molar-refractivity contribution is -0.305. The van der Waals surface area contributed by atoms with Crippen LogP contribution in [0.3, 0.4) is 0 Å². The minimum atomic E-state index is -1.60. The Kier molecular flexibility index (Phi) is 47.0. The number of aliphatic hydroxyl groups excluding tert-OH is 4. The summed E-state index contributed by atoms with van der Waals surface area (Å²) in [4.78, 5) is 25.5. The monoisotopic (exact) mass is 979 g/mol. The SMILES string of the molecule is CCCCCCCC/C=C/CCCCCCCCCCCCCC(=O)OC[C@H](CO[C@@H]1O[C@H](CO)[C@H](O)C(O)C1O)OC(=O)CCC/C=C/CCCCCCCCCCCCCCCCCCCC. The first kappa shape index (κ1) is 65.2. The summed E-state index contributed by atoms with van der Waals surface area (Å²) >= 11 is 0. The van der Waals surface area contributed by atoms with Crippen molar-refractivity contribution in [1.82, 2.24) is 0 Å². The molecule has 1 fully saturated rings. The van der Waals surface area contributed by atoms with E-state index >= 15 is 0 Å². The summed E-state index contributed by atoms with van der Waals surface area (Å²) in [5, 5.41) is 40.3. The number of esters is 2. The Bertz CT molecular complexity index is 1180. The Balaban J connectivity index is 2.20. The Morgan fingerprint density at radius 2 is 0.783 bits per heavy atom. The van der Waals surface area contributed by atoms with Crippen LogP contribution in [0.5, 0.6) is 0 Å². The van der Waals surface area contributed by atoms with Gasteiger partial charge < -0.3 is 39.4 Å². The van der Waals surface area contributed by atoms with Crippen molar-refractivity contribution in [2.75, 3.05) is 19.8 Å². The van der Waals surface area contributed by atoms with Gasteiger partial charge in [0.2, 0.25) is 0 Å². The quantitative estimate of drug-likeness (QED) is 0.0263. The Hall–Kier alpha value is -1.82. The Labute approximate surface area is 423 Å². The van der Waals surface area contributed by atoms with E-state index in [4.69, 9.17) is 18.9 Å². The number of allylic oxidation sites excluding steroid dienone is 4. The smallest absolute Gasteiger partial charge is 0.306 e. The average Bonchev–Trinajstić information content (AvgIpc) is 3.35. The van der Waals surface area contributed by atoms with Gasteiger partial charge in [0, 0.05) is 12.8 Å². The van der Waals surface area contributed by atoms with Gasteiger partial charge in [0.05, 0.1) is 13.2 Å². The zero-order valence-corrected chi connectivity index (χ0v) is 44.8. The number of hydrogen-bond acceptors (Lipinski definition) is 10. The molecule has 1 rings (SSSR count). The lowest BCUT2D eigenvalue weighted by Gasteiger charge is -2.39. The van der Waals surface area contributed by atoms with E-state index in [1.165, 1.54) is 218 Å². The van der Waals surface area contributed by atoms with E-state index in [1.807, 2.05) is 0 Å². The Morgan fingerprint density at radius 1 is 0.435 bits per heavy atom. The van der Waals surface area contributed by atoms with E-state index in [0.717, 1.165) is 32.1 Å². The fraction of sp³-hybridized carbons (Fsp3) is 0.898. The largest absolute Gasteiger partial charge is 0.462 e. The molecule has 0 saturated carbocycles. The van der Waals surface area contributed by atoms with Crippen molar-refractivity contribution in [3.8, 4) is 0 Å². The standard InChI is InChI=1S/C59H110O10/c1-3-5-7-9-11-13-15-17-19-21-23-25-26-28-30-32-34-36-38-40-42-44-46-48-55(62)68-52(51-67-59-58(65)57(64)56(63)53(49-60)69-59)50-66-54(61)47-45-43-41-39-37-35-33-31-29-27-24-22-20-18-16-14-12-10-8-6-4-2/h18,20,40,42,52-53,56-60,63-65H,3-17,19,21-39,41,43-51H2,1-2H3/b20-18+,42-40+/t52-,53-,56+,57?,58?,59-/m1/s1. The zero-order chi connectivity index (χ0) is 50.1. The van der Waals surface area contributed by atoms with Crippen LogP contribution < -0.4 is 0 Å². The van der Waals surface area contributed by atoms with Crippen LogP contribution >= 0.6 is 0 Å². The van der Waals surface area contributed by atoms with Gasteiger partial charge in [0.1, 0.15) is 31.0 Å². The third kappa shape index (κ3) is 40.4. The fourth-order valence-corrected chi connectivity index (χ4v) is 9.19. The van der Waals surface area contributed by atoms with Crippen molar-refractivity contribution in [3.63, 3.8) is 0 Å². The molecule has 1 heterocycles. The second-order valence-corrected chi connectivity index (χ2v) is 20.4. The molecular weight excluding hydrogens is 869 g/mol. The zero-order valence-electron chi connectivity index (χ0n) is 44.8. The molecule has 6 atom stereocenters. The normalized spacial score (nSPS) is 19.0. The molecular formula is C59H110O10. The molecule has 0 aliphatic carbocycles. The number of carbonyl (C=O) groups excluding carboxylic acids is 2. The topological polar surface area (TPSA) is 152 Å². The van der Waals surface area contributed by atoms with Gasteiger partial charge >= 0.3 is 11.9 Å². The number of ether oxygens (including phenoxy) is 4. The molecule has 1 aliphatic heterocycles. The average molecular weight is 980 g/mol. The second-order valence-electron chi connectivity index (χ2n) is 20.4. The van der Waals surface area contributed by atoms with E-state index in [0.29, 0.717) is 6.42 Å². The first-order valence-electron chi connectivity index (χ1n) is 29.4. The number of carbonyl (C=O) groups is 2. The van der Waals surface area contributed by atoms with Crippen molar-refractivity contribution in [1.29, 1.82) is 0 Å². The lowest BCUT2D eigenvalue weighted by atomic mass is 9.99. The maximum Gasteiger partial charge on any atom is 0.306 e. The summed E-state index contributed by atoms with van der Waals surface area (Å²) in [6.45, 7) is 3.45. The van der Waals surface area contributed by atoms with Gasteiger partial charge in [-0.05, 0) is 57.8 Å². The van der Waals surface area contributed by atoms with Crippen LogP contribution in [0.25, 0.3) is 0 Å². The van der Waals surface area contributed by atoms with Crippen molar-refractivity contribution in [3.05, 3.63) is 24.3 Å². The Morgan fingerprint density at radius 3 is 1.17 bits per heavy atom. The number of aliphatic hydroxyl groups is 4. The minimum absolute atomic E-state index is 0.186. The molecule has 2 unspecified atom stereocenters. The van der Waals surface area contributed by atoms with Gasteiger partial charge in [-0.25, -0.2) is 0 Å². The molecule has 1 saturated heterocycles. The molecule has 10 heteroatoms. The third-order valence-corrected chi connectivity index (χ3v) is 13.8. The second kappa shape index (κ2) is 49.7. The van der Waals surface area contributed by atoms with Gasteiger partial charge in [-0.15, -0.1) is 0 Å². The summed E-state index contributed by atoms with van der Waals surface area (Å²) in [6.07, 6.45) is 52.1. The molecule has 69 heavy (non-hydrogen) atoms. The molecule has 0 aromatic rings. The van der Waals surface area contributed by atoms with Crippen molar-refractivity contribution < 1.29 is 49.0 Å². The molecule has 406 valence electrons. The summed E-state index contributed by atoms with van der Waals surface area (Å²) < 4.78 is 22.3. The van der Waals surface area contributed by atoms with E-state index in [2.05, 4.69) is 38.2 Å². The maximum absolute atomic E-state index is 12.9. The van der Waals surface area contributed by atoms with Gasteiger partial charge in [0.15, 0.2) is 12.4 Å². The molecule has 1 aliphatic rings. The molecule has 0 spiro atoms. The van der Waals surface area contributed by atoms with E-state index in [9.17, 15) is 30.0 Å². The van der Waals surface area contributed by atoms with Crippen molar-refractivity contribution in [2.24, 2.45) is 0 Å². The van der Waals surface area contributed by atoms with Gasteiger partial charge in [-0.3, -0.25) is 9.59 Å². The first-order chi connectivity index (χ1) is 33.8. The molecule has 0 aromatic carbocycles. The lowest BCUT2D eigenvalue weighted by Crippen LogP contribution is -2.59. The van der Waals surface area contributed by atoms with Crippen LogP contribution in [0.15, 0.2) is 24.3 Å². The number of unbranched alkanes of at least 4 members (excludes halogenated alkanes) is 36. The first-order valence-corrected chi connectivity index (χ1v) is 29.4. The summed E-state index contributed by atoms with van der Waals surface area (Å²) in [5.74, 6) is -0.829. The number of hydrogen-bond donors (Lipinski definition) is 4. The van der Waals surface area contributed by atoms with Crippen LogP contribution in [-0.4, -0.2) is 89.0 Å². The molecule has 0 amide bonds. The molecule has 0 bridgehead atoms. The maximum atomic E-state index is 12.9. The van der Waals surface area contributed by atoms with Crippen LogP contribution in [0, 0.1) is 0 Å². The third-order valence-electron chi connectivity index (χ3n) is 13.8. The van der Waals surface area contributed by atoms with E-state index in [1.54, 1.807) is 0 Å². The summed E-state index contributed by atoms with van der Waals surface area (Å²) in [7, 11) is 0. The van der Waals surface area contributed by atoms with E-state index < -0.39 is 49.4 Å².